The summed E-state index contributed by atoms with van der Waals surface area (Å²) in [6, 6.07) is 10.3. The fourth-order valence-corrected chi connectivity index (χ4v) is 4.78. The minimum atomic E-state index is -0.0143. The minimum Gasteiger partial charge on any atom is -0.345 e. The van der Waals surface area contributed by atoms with Crippen LogP contribution in [0.1, 0.15) is 71.4 Å². The Morgan fingerprint density at radius 1 is 1.11 bits per heavy atom. The smallest absolute Gasteiger partial charge is 0.252 e. The number of aromatic nitrogens is 5. The fraction of sp³-hybridized carbons (Fsp3) is 0.333. The van der Waals surface area contributed by atoms with E-state index in [0.29, 0.717) is 24.2 Å². The van der Waals surface area contributed by atoms with Crippen LogP contribution in [0.2, 0.25) is 0 Å². The molecule has 1 fully saturated rings. The largest absolute Gasteiger partial charge is 0.345 e. The Bertz CT molecular complexity index is 1460. The molecule has 1 aliphatic heterocycles. The summed E-state index contributed by atoms with van der Waals surface area (Å²) in [6.45, 7) is 8.83. The zero-order valence-electron chi connectivity index (χ0n) is 20.5. The Balaban J connectivity index is 1.30. The fourth-order valence-electron chi connectivity index (χ4n) is 4.78. The number of carbonyl (C=O) groups excluding carboxylic acids is 1. The second-order valence-electron chi connectivity index (χ2n) is 9.63. The Kier molecular flexibility index (Phi) is 4.98. The van der Waals surface area contributed by atoms with Gasteiger partial charge in [0, 0.05) is 41.2 Å². The topological polar surface area (TPSA) is 89.7 Å². The van der Waals surface area contributed by atoms with Gasteiger partial charge in [0.2, 0.25) is 5.95 Å². The van der Waals surface area contributed by atoms with Crippen LogP contribution in [0.5, 0.6) is 0 Å². The maximum absolute atomic E-state index is 12.2. The average molecular weight is 468 g/mol. The van der Waals surface area contributed by atoms with Crippen molar-refractivity contribution in [3.05, 3.63) is 70.8 Å². The van der Waals surface area contributed by atoms with Gasteiger partial charge in [-0.1, -0.05) is 0 Å². The molecule has 0 bridgehead atoms. The summed E-state index contributed by atoms with van der Waals surface area (Å²) in [4.78, 5) is 21.6. The second-order valence-corrected chi connectivity index (χ2v) is 9.63. The summed E-state index contributed by atoms with van der Waals surface area (Å²) in [6.07, 6.45) is 6.53. The third-order valence-electron chi connectivity index (χ3n) is 7.02. The lowest BCUT2D eigenvalue weighted by Gasteiger charge is -2.12. The molecule has 2 N–H and O–H groups in total. The normalized spacial score (nSPS) is 16.9. The molecule has 2 aromatic heterocycles. The Morgan fingerprint density at radius 2 is 1.94 bits per heavy atom. The number of rotatable bonds is 6. The molecule has 0 unspecified atom stereocenters. The summed E-state index contributed by atoms with van der Waals surface area (Å²) < 4.78 is 3.96. The van der Waals surface area contributed by atoms with Gasteiger partial charge in [0.05, 0.1) is 18.1 Å². The van der Waals surface area contributed by atoms with Crippen LogP contribution in [0.15, 0.2) is 42.9 Å². The molecular weight excluding hydrogens is 438 g/mol. The molecule has 6 rings (SSSR count). The lowest BCUT2D eigenvalue weighted by atomic mass is 10.0. The molecule has 1 atom stereocenters. The van der Waals surface area contributed by atoms with Gasteiger partial charge in [0.15, 0.2) is 5.82 Å². The SMILES string of the molecule is CCn1nc(-c2ccc(-n3cnc(C4CC4)c3)cc2C)nc1Nc1cc2c(cc1C)C(=O)N[C@@H]2C. The first-order valence-electron chi connectivity index (χ1n) is 12.2. The van der Waals surface area contributed by atoms with E-state index < -0.39 is 0 Å². The molecular formula is C27H29N7O. The maximum atomic E-state index is 12.2. The minimum absolute atomic E-state index is 0.00438. The molecule has 1 amide bonds. The van der Waals surface area contributed by atoms with E-state index in [0.717, 1.165) is 39.2 Å². The first kappa shape index (κ1) is 21.6. The standard InChI is InChI=1S/C27H29N7O/c1-5-34-27(30-23-12-21-17(4)29-26(35)22(21)11-16(23)3)31-25(32-34)20-9-8-19(10-15(20)2)33-13-24(28-14-33)18-6-7-18/h8-14,17-18H,5-7H2,1-4H3,(H,29,35)(H,30,31,32)/t17-/m1/s1. The van der Waals surface area contributed by atoms with Crippen molar-refractivity contribution in [2.45, 2.75) is 59.0 Å². The molecule has 2 aliphatic rings. The van der Waals surface area contributed by atoms with E-state index in [2.05, 4.69) is 58.4 Å². The number of nitrogens with one attached hydrogen (secondary N) is 2. The van der Waals surface area contributed by atoms with Crippen molar-refractivity contribution >= 4 is 17.5 Å². The van der Waals surface area contributed by atoms with Crippen LogP contribution in [-0.2, 0) is 6.54 Å². The zero-order chi connectivity index (χ0) is 24.3. The highest BCUT2D eigenvalue weighted by Gasteiger charge is 2.27. The first-order valence-corrected chi connectivity index (χ1v) is 12.2. The summed E-state index contributed by atoms with van der Waals surface area (Å²) in [5.74, 6) is 1.99. The van der Waals surface area contributed by atoms with Crippen LogP contribution < -0.4 is 10.6 Å². The van der Waals surface area contributed by atoms with Gasteiger partial charge < -0.3 is 15.2 Å². The predicted molar refractivity (Wildman–Crippen MR) is 135 cm³/mol. The van der Waals surface area contributed by atoms with Crippen molar-refractivity contribution in [3.8, 4) is 17.1 Å². The van der Waals surface area contributed by atoms with E-state index in [9.17, 15) is 4.79 Å². The van der Waals surface area contributed by atoms with E-state index in [1.54, 1.807) is 0 Å². The molecule has 4 aromatic rings. The number of amides is 1. The number of hydrogen-bond donors (Lipinski definition) is 2. The van der Waals surface area contributed by atoms with E-state index >= 15 is 0 Å². The van der Waals surface area contributed by atoms with Crippen LogP contribution in [0.25, 0.3) is 17.1 Å². The van der Waals surface area contributed by atoms with Crippen molar-refractivity contribution in [3.63, 3.8) is 0 Å². The Hall–Kier alpha value is -3.94. The van der Waals surface area contributed by atoms with Gasteiger partial charge in [-0.3, -0.25) is 4.79 Å². The first-order chi connectivity index (χ1) is 16.9. The molecule has 3 heterocycles. The summed E-state index contributed by atoms with van der Waals surface area (Å²) in [7, 11) is 0. The van der Waals surface area contributed by atoms with Crippen molar-refractivity contribution in [2.24, 2.45) is 0 Å². The molecule has 0 saturated heterocycles. The lowest BCUT2D eigenvalue weighted by molar-refractivity contribution is 0.0958. The highest BCUT2D eigenvalue weighted by molar-refractivity contribution is 6.00. The van der Waals surface area contributed by atoms with Crippen LogP contribution in [-0.4, -0.2) is 30.2 Å². The lowest BCUT2D eigenvalue weighted by Crippen LogP contribution is -2.16. The van der Waals surface area contributed by atoms with Crippen molar-refractivity contribution in [1.82, 2.24) is 29.6 Å². The summed E-state index contributed by atoms with van der Waals surface area (Å²) in [5.41, 5.74) is 8.05. The number of anilines is 2. The highest BCUT2D eigenvalue weighted by Crippen LogP contribution is 2.39. The van der Waals surface area contributed by atoms with Crippen molar-refractivity contribution in [2.75, 3.05) is 5.32 Å². The molecule has 2 aromatic carbocycles. The van der Waals surface area contributed by atoms with Crippen LogP contribution in [0.3, 0.4) is 0 Å². The number of imidazole rings is 1. The van der Waals surface area contributed by atoms with E-state index in [-0.39, 0.29) is 11.9 Å². The van der Waals surface area contributed by atoms with Crippen LogP contribution in [0, 0.1) is 13.8 Å². The second kappa shape index (κ2) is 8.08. The van der Waals surface area contributed by atoms with E-state index in [4.69, 9.17) is 10.1 Å². The van der Waals surface area contributed by atoms with E-state index in [1.807, 2.05) is 37.0 Å². The molecule has 1 aliphatic carbocycles. The quantitative estimate of drug-likeness (QED) is 0.407. The molecule has 8 heteroatoms. The third kappa shape index (κ3) is 3.79. The van der Waals surface area contributed by atoms with Gasteiger partial charge >= 0.3 is 0 Å². The Labute approximate surface area is 204 Å². The average Bonchev–Trinajstić information content (AvgIpc) is 3.32. The van der Waals surface area contributed by atoms with E-state index in [1.165, 1.54) is 18.5 Å². The van der Waals surface area contributed by atoms with Crippen LogP contribution in [0.4, 0.5) is 11.6 Å². The summed E-state index contributed by atoms with van der Waals surface area (Å²) >= 11 is 0. The number of benzene rings is 2. The van der Waals surface area contributed by atoms with Crippen molar-refractivity contribution < 1.29 is 4.79 Å². The Morgan fingerprint density at radius 3 is 2.69 bits per heavy atom. The third-order valence-corrected chi connectivity index (χ3v) is 7.02. The number of hydrogen-bond acceptors (Lipinski definition) is 5. The molecule has 1 saturated carbocycles. The van der Waals surface area contributed by atoms with Gasteiger partial charge in [0.1, 0.15) is 0 Å². The molecule has 178 valence electrons. The van der Waals surface area contributed by atoms with Gasteiger partial charge in [-0.15, -0.1) is 5.10 Å². The van der Waals surface area contributed by atoms with Gasteiger partial charge in [-0.25, -0.2) is 9.67 Å². The van der Waals surface area contributed by atoms with Crippen molar-refractivity contribution in [1.29, 1.82) is 0 Å². The number of fused-ring (bicyclic) bond motifs is 1. The predicted octanol–water partition coefficient (Wildman–Crippen LogP) is 5.19. The monoisotopic (exact) mass is 467 g/mol. The molecule has 0 spiro atoms. The zero-order valence-corrected chi connectivity index (χ0v) is 20.5. The number of nitrogens with zero attached hydrogens (tertiary/aromatic N) is 5. The number of carbonyl (C=O) groups is 1. The van der Waals surface area contributed by atoms with Gasteiger partial charge in [0.25, 0.3) is 5.91 Å². The summed E-state index contributed by atoms with van der Waals surface area (Å²) in [5, 5.41) is 11.2. The molecule has 35 heavy (non-hydrogen) atoms. The number of aryl methyl sites for hydroxylation is 3. The van der Waals surface area contributed by atoms with Gasteiger partial charge in [-0.05, 0) is 87.6 Å². The highest BCUT2D eigenvalue weighted by atomic mass is 16.2. The van der Waals surface area contributed by atoms with Crippen LogP contribution >= 0.6 is 0 Å². The molecule has 0 radical (unpaired) electrons. The van der Waals surface area contributed by atoms with Gasteiger partial charge in [-0.2, -0.15) is 4.98 Å². The molecule has 8 nitrogen and oxygen atoms in total. The maximum Gasteiger partial charge on any atom is 0.252 e.